The van der Waals surface area contributed by atoms with Gasteiger partial charge in [-0.3, -0.25) is 4.79 Å². The van der Waals surface area contributed by atoms with Gasteiger partial charge in [0.05, 0.1) is 16.3 Å². The minimum Gasteiger partial charge on any atom is -0.382 e. The first kappa shape index (κ1) is 15.7. The van der Waals surface area contributed by atoms with E-state index in [1.54, 1.807) is 11.3 Å². The third-order valence-corrected chi connectivity index (χ3v) is 4.27. The van der Waals surface area contributed by atoms with Crippen LogP contribution in [0.1, 0.15) is 25.3 Å². The van der Waals surface area contributed by atoms with E-state index >= 15 is 0 Å². The molecule has 0 radical (unpaired) electrons. The Morgan fingerprint density at radius 1 is 1.48 bits per heavy atom. The van der Waals surface area contributed by atoms with Crippen LogP contribution in [0.3, 0.4) is 0 Å². The van der Waals surface area contributed by atoms with Crippen molar-refractivity contribution in [3.05, 3.63) is 10.4 Å². The van der Waals surface area contributed by atoms with Crippen LogP contribution < -0.4 is 16.4 Å². The number of aromatic nitrogens is 2. The third-order valence-electron chi connectivity index (χ3n) is 2.68. The summed E-state index contributed by atoms with van der Waals surface area (Å²) in [4.78, 5) is 16.1. The molecule has 8 heteroatoms. The van der Waals surface area contributed by atoms with Gasteiger partial charge in [-0.15, -0.1) is 11.3 Å². The van der Waals surface area contributed by atoms with Crippen LogP contribution in [0.15, 0.2) is 5.38 Å². The van der Waals surface area contributed by atoms with Gasteiger partial charge in [0, 0.05) is 24.4 Å². The lowest BCUT2D eigenvalue weighted by Gasteiger charge is -2.09. The van der Waals surface area contributed by atoms with E-state index in [-0.39, 0.29) is 11.9 Å². The number of carbonyl (C=O) groups excluding carboxylic acids is 1. The number of nitrogen functional groups attached to an aromatic ring is 1. The maximum absolute atomic E-state index is 11.6. The Balaban J connectivity index is 2.00. The molecule has 0 saturated heterocycles. The number of anilines is 2. The van der Waals surface area contributed by atoms with E-state index in [0.29, 0.717) is 18.8 Å². The lowest BCUT2D eigenvalue weighted by Crippen LogP contribution is -2.31. The number of amides is 1. The molecule has 4 N–H and O–H groups in total. The van der Waals surface area contributed by atoms with Crippen molar-refractivity contribution in [1.82, 2.24) is 14.7 Å². The molecule has 0 saturated carbocycles. The Morgan fingerprint density at radius 2 is 2.24 bits per heavy atom. The summed E-state index contributed by atoms with van der Waals surface area (Å²) >= 11 is 2.87. The molecule has 0 spiro atoms. The first-order valence-electron chi connectivity index (χ1n) is 6.68. The van der Waals surface area contributed by atoms with Gasteiger partial charge in [0.25, 0.3) is 0 Å². The van der Waals surface area contributed by atoms with E-state index in [1.807, 2.05) is 26.2 Å². The zero-order valence-electron chi connectivity index (χ0n) is 12.3. The minimum atomic E-state index is 0.0287. The Morgan fingerprint density at radius 3 is 2.86 bits per heavy atom. The highest BCUT2D eigenvalue weighted by molar-refractivity contribution is 7.11. The summed E-state index contributed by atoms with van der Waals surface area (Å²) in [5.74, 6) is 0.500. The second-order valence-electron chi connectivity index (χ2n) is 4.92. The molecular weight excluding hydrogens is 306 g/mol. The van der Waals surface area contributed by atoms with E-state index in [9.17, 15) is 4.79 Å². The highest BCUT2D eigenvalue weighted by Crippen LogP contribution is 2.36. The SMILES string of the molecule is Cc1nc(-c2c(N)nsc2NCCC(=O)NC(C)C)cs1. The molecule has 114 valence electrons. The molecule has 0 aliphatic carbocycles. The van der Waals surface area contributed by atoms with Gasteiger partial charge >= 0.3 is 0 Å². The first-order valence-corrected chi connectivity index (χ1v) is 8.33. The molecule has 0 fully saturated rings. The van der Waals surface area contributed by atoms with Gasteiger partial charge in [-0.05, 0) is 32.3 Å². The number of hydrogen-bond acceptors (Lipinski definition) is 7. The summed E-state index contributed by atoms with van der Waals surface area (Å²) in [5, 5.41) is 9.89. The zero-order valence-corrected chi connectivity index (χ0v) is 13.9. The van der Waals surface area contributed by atoms with Crippen molar-refractivity contribution in [2.24, 2.45) is 0 Å². The van der Waals surface area contributed by atoms with Crippen LogP contribution in [-0.4, -0.2) is 27.9 Å². The van der Waals surface area contributed by atoms with Crippen molar-refractivity contribution < 1.29 is 4.79 Å². The smallest absolute Gasteiger partial charge is 0.221 e. The van der Waals surface area contributed by atoms with E-state index < -0.39 is 0 Å². The van der Waals surface area contributed by atoms with Gasteiger partial charge in [0.2, 0.25) is 5.91 Å². The number of carbonyl (C=O) groups is 1. The number of nitrogens with zero attached hydrogens (tertiary/aromatic N) is 2. The number of thiazole rings is 1. The average Bonchev–Trinajstić information content (AvgIpc) is 2.95. The fraction of sp³-hybridized carbons (Fsp3) is 0.462. The van der Waals surface area contributed by atoms with Crippen molar-refractivity contribution in [2.75, 3.05) is 17.6 Å². The predicted octanol–water partition coefficient (Wildman–Crippen LogP) is 2.48. The van der Waals surface area contributed by atoms with Gasteiger partial charge in [-0.1, -0.05) is 0 Å². The molecular formula is C13H19N5OS2. The number of nitrogens with two attached hydrogens (primary N) is 1. The number of aryl methyl sites for hydroxylation is 1. The summed E-state index contributed by atoms with van der Waals surface area (Å²) in [5.41, 5.74) is 7.58. The molecule has 0 atom stereocenters. The molecule has 0 aliphatic rings. The summed E-state index contributed by atoms with van der Waals surface area (Å²) in [7, 11) is 0. The van der Waals surface area contributed by atoms with Crippen molar-refractivity contribution in [2.45, 2.75) is 33.2 Å². The number of nitrogens with one attached hydrogen (secondary N) is 2. The highest BCUT2D eigenvalue weighted by atomic mass is 32.1. The Kier molecular flexibility index (Phi) is 5.13. The summed E-state index contributed by atoms with van der Waals surface area (Å²) in [6.45, 7) is 6.37. The van der Waals surface area contributed by atoms with Crippen LogP contribution in [0.4, 0.5) is 10.8 Å². The van der Waals surface area contributed by atoms with E-state index in [2.05, 4.69) is 20.0 Å². The Hall–Kier alpha value is -1.67. The fourth-order valence-corrected chi connectivity index (χ4v) is 3.18. The molecule has 0 aliphatic heterocycles. The average molecular weight is 325 g/mol. The van der Waals surface area contributed by atoms with E-state index in [4.69, 9.17) is 5.73 Å². The van der Waals surface area contributed by atoms with Gasteiger partial charge in [0.15, 0.2) is 0 Å². The second-order valence-corrected chi connectivity index (χ2v) is 6.76. The standard InChI is InChI=1S/C13H19N5OS2/c1-7(2)16-10(19)4-5-15-13-11(12(14)18-21-13)9-6-20-8(3)17-9/h6-7,15H,4-5H2,1-3H3,(H2,14,18)(H,16,19). The van der Waals surface area contributed by atoms with Crippen LogP contribution in [-0.2, 0) is 4.79 Å². The highest BCUT2D eigenvalue weighted by Gasteiger charge is 2.16. The van der Waals surface area contributed by atoms with E-state index in [1.165, 1.54) is 11.5 Å². The summed E-state index contributed by atoms with van der Waals surface area (Å²) < 4.78 is 4.17. The quantitative estimate of drug-likeness (QED) is 0.759. The molecule has 2 aromatic rings. The monoisotopic (exact) mass is 325 g/mol. The molecule has 2 heterocycles. The normalized spacial score (nSPS) is 10.9. The van der Waals surface area contributed by atoms with Crippen molar-refractivity contribution >= 4 is 39.6 Å². The molecule has 1 amide bonds. The van der Waals surface area contributed by atoms with Gasteiger partial charge in [-0.2, -0.15) is 4.37 Å². The van der Waals surface area contributed by atoms with Crippen LogP contribution in [0.2, 0.25) is 0 Å². The fourth-order valence-electron chi connectivity index (χ4n) is 1.83. The Labute approximate surface area is 132 Å². The molecule has 0 bridgehead atoms. The van der Waals surface area contributed by atoms with Crippen LogP contribution >= 0.6 is 22.9 Å². The molecule has 21 heavy (non-hydrogen) atoms. The molecule has 0 aromatic carbocycles. The predicted molar refractivity (Wildman–Crippen MR) is 88.8 cm³/mol. The number of hydrogen-bond donors (Lipinski definition) is 3. The maximum atomic E-state index is 11.6. The summed E-state index contributed by atoms with van der Waals surface area (Å²) in [6.07, 6.45) is 0.408. The van der Waals surface area contributed by atoms with E-state index in [0.717, 1.165) is 21.3 Å². The van der Waals surface area contributed by atoms with Crippen LogP contribution in [0.25, 0.3) is 11.3 Å². The molecule has 2 rings (SSSR count). The lowest BCUT2D eigenvalue weighted by atomic mass is 10.2. The van der Waals surface area contributed by atoms with Gasteiger partial charge in [-0.25, -0.2) is 4.98 Å². The summed E-state index contributed by atoms with van der Waals surface area (Å²) in [6, 6.07) is 0.157. The third kappa shape index (κ3) is 4.15. The van der Waals surface area contributed by atoms with Crippen molar-refractivity contribution in [1.29, 1.82) is 0 Å². The second kappa shape index (κ2) is 6.86. The maximum Gasteiger partial charge on any atom is 0.221 e. The zero-order chi connectivity index (χ0) is 15.4. The topological polar surface area (TPSA) is 92.9 Å². The van der Waals surface area contributed by atoms with Crippen LogP contribution in [0, 0.1) is 6.92 Å². The van der Waals surface area contributed by atoms with Gasteiger partial charge in [0.1, 0.15) is 10.8 Å². The largest absolute Gasteiger partial charge is 0.382 e. The first-order chi connectivity index (χ1) is 9.97. The van der Waals surface area contributed by atoms with Crippen molar-refractivity contribution in [3.63, 3.8) is 0 Å². The van der Waals surface area contributed by atoms with Crippen LogP contribution in [0.5, 0.6) is 0 Å². The molecule has 2 aromatic heterocycles. The Bertz CT molecular complexity index is 620. The minimum absolute atomic E-state index is 0.0287. The lowest BCUT2D eigenvalue weighted by molar-refractivity contribution is -0.121. The molecule has 6 nitrogen and oxygen atoms in total. The molecule has 0 unspecified atom stereocenters. The van der Waals surface area contributed by atoms with Crippen molar-refractivity contribution in [3.8, 4) is 11.3 Å². The number of rotatable bonds is 6. The van der Waals surface area contributed by atoms with Gasteiger partial charge < -0.3 is 16.4 Å².